The van der Waals surface area contributed by atoms with Gasteiger partial charge in [0.25, 0.3) is 5.91 Å². The number of methoxy groups -OCH3 is 1. The Morgan fingerprint density at radius 3 is 2.58 bits per heavy atom. The fourth-order valence-electron chi connectivity index (χ4n) is 2.73. The molecule has 0 aromatic heterocycles. The van der Waals surface area contributed by atoms with E-state index in [0.717, 1.165) is 11.3 Å². The second kappa shape index (κ2) is 6.74. The molecule has 3 rings (SSSR count). The Labute approximate surface area is 140 Å². The molecule has 1 unspecified atom stereocenters. The standard InChI is InChI=1S/C19H19NO4/c1-12(19(22)20-13-6-8-14(23-2)9-7-13)24-18-5-3-4-15-16(18)10-11-17(15)21/h3-9,12H,10-11H2,1-2H3,(H,20,22). The van der Waals surface area contributed by atoms with Gasteiger partial charge in [-0.05, 0) is 43.7 Å². The molecule has 5 heteroatoms. The Morgan fingerprint density at radius 1 is 1.12 bits per heavy atom. The highest BCUT2D eigenvalue weighted by Gasteiger charge is 2.24. The molecule has 0 radical (unpaired) electrons. The topological polar surface area (TPSA) is 64.6 Å². The minimum atomic E-state index is -0.672. The van der Waals surface area contributed by atoms with Crippen LogP contribution in [0.25, 0.3) is 0 Å². The molecule has 1 amide bonds. The van der Waals surface area contributed by atoms with Crippen molar-refractivity contribution in [3.05, 3.63) is 53.6 Å². The van der Waals surface area contributed by atoms with Crippen LogP contribution in [0.15, 0.2) is 42.5 Å². The predicted octanol–water partition coefficient (Wildman–Crippen LogP) is 3.23. The van der Waals surface area contributed by atoms with Crippen molar-refractivity contribution in [1.29, 1.82) is 0 Å². The predicted molar refractivity (Wildman–Crippen MR) is 90.8 cm³/mol. The number of hydrogen-bond donors (Lipinski definition) is 1. The molecule has 1 atom stereocenters. The van der Waals surface area contributed by atoms with Crippen molar-refractivity contribution < 1.29 is 19.1 Å². The Balaban J connectivity index is 1.67. The highest BCUT2D eigenvalue weighted by Crippen LogP contribution is 2.31. The molecular formula is C19H19NO4. The van der Waals surface area contributed by atoms with E-state index in [2.05, 4.69) is 5.32 Å². The number of carbonyl (C=O) groups excluding carboxylic acids is 2. The molecule has 0 fully saturated rings. The lowest BCUT2D eigenvalue weighted by Gasteiger charge is -2.17. The van der Waals surface area contributed by atoms with Gasteiger partial charge in [-0.15, -0.1) is 0 Å². The number of nitrogens with one attached hydrogen (secondary N) is 1. The van der Waals surface area contributed by atoms with Gasteiger partial charge in [-0.2, -0.15) is 0 Å². The summed E-state index contributed by atoms with van der Waals surface area (Å²) in [6.07, 6.45) is 0.494. The first-order valence-electron chi connectivity index (χ1n) is 7.85. The van der Waals surface area contributed by atoms with Gasteiger partial charge in [0.05, 0.1) is 7.11 Å². The first kappa shape index (κ1) is 16.1. The van der Waals surface area contributed by atoms with Gasteiger partial charge in [0.1, 0.15) is 11.5 Å². The number of anilines is 1. The number of fused-ring (bicyclic) bond motifs is 1. The maximum absolute atomic E-state index is 12.3. The Morgan fingerprint density at radius 2 is 1.88 bits per heavy atom. The number of hydrogen-bond acceptors (Lipinski definition) is 4. The summed E-state index contributed by atoms with van der Waals surface area (Å²) in [6, 6.07) is 12.5. The molecule has 24 heavy (non-hydrogen) atoms. The monoisotopic (exact) mass is 325 g/mol. The summed E-state index contributed by atoms with van der Waals surface area (Å²) < 4.78 is 10.9. The van der Waals surface area contributed by atoms with E-state index in [9.17, 15) is 9.59 Å². The smallest absolute Gasteiger partial charge is 0.265 e. The summed E-state index contributed by atoms with van der Waals surface area (Å²) in [4.78, 5) is 24.1. The van der Waals surface area contributed by atoms with Crippen LogP contribution in [0.4, 0.5) is 5.69 Å². The van der Waals surface area contributed by atoms with E-state index < -0.39 is 6.10 Å². The second-order valence-corrected chi connectivity index (χ2v) is 5.68. The molecule has 0 spiro atoms. The molecular weight excluding hydrogens is 306 g/mol. The lowest BCUT2D eigenvalue weighted by Crippen LogP contribution is -2.30. The van der Waals surface area contributed by atoms with E-state index in [0.29, 0.717) is 29.8 Å². The van der Waals surface area contributed by atoms with Crippen molar-refractivity contribution in [2.24, 2.45) is 0 Å². The van der Waals surface area contributed by atoms with Crippen LogP contribution in [0.5, 0.6) is 11.5 Å². The normalized spacial score (nSPS) is 14.0. The van der Waals surface area contributed by atoms with Gasteiger partial charge in [-0.3, -0.25) is 9.59 Å². The summed E-state index contributed by atoms with van der Waals surface area (Å²) in [5, 5.41) is 2.80. The lowest BCUT2D eigenvalue weighted by atomic mass is 10.1. The van der Waals surface area contributed by atoms with Crippen molar-refractivity contribution in [2.75, 3.05) is 12.4 Å². The van der Waals surface area contributed by atoms with Gasteiger partial charge >= 0.3 is 0 Å². The number of amides is 1. The minimum Gasteiger partial charge on any atom is -0.497 e. The number of ether oxygens (including phenoxy) is 2. The van der Waals surface area contributed by atoms with Crippen molar-refractivity contribution in [3.63, 3.8) is 0 Å². The van der Waals surface area contributed by atoms with Gasteiger partial charge in [-0.25, -0.2) is 0 Å². The third-order valence-electron chi connectivity index (χ3n) is 4.07. The quantitative estimate of drug-likeness (QED) is 0.916. The van der Waals surface area contributed by atoms with E-state index in [4.69, 9.17) is 9.47 Å². The molecule has 1 aliphatic rings. The SMILES string of the molecule is COc1ccc(NC(=O)C(C)Oc2cccc3c2CCC3=O)cc1. The lowest BCUT2D eigenvalue weighted by molar-refractivity contribution is -0.122. The van der Waals surface area contributed by atoms with Gasteiger partial charge in [0.15, 0.2) is 11.9 Å². The fourth-order valence-corrected chi connectivity index (χ4v) is 2.73. The second-order valence-electron chi connectivity index (χ2n) is 5.68. The van der Waals surface area contributed by atoms with E-state index in [1.54, 1.807) is 56.5 Å². The maximum atomic E-state index is 12.3. The number of Topliss-reactive ketones (excluding diaryl/α,β-unsaturated/α-hetero) is 1. The summed E-state index contributed by atoms with van der Waals surface area (Å²) in [5.41, 5.74) is 2.27. The zero-order valence-corrected chi connectivity index (χ0v) is 13.7. The van der Waals surface area contributed by atoms with Crippen LogP contribution < -0.4 is 14.8 Å². The first-order valence-corrected chi connectivity index (χ1v) is 7.85. The van der Waals surface area contributed by atoms with E-state index in [1.165, 1.54) is 0 Å². The molecule has 1 N–H and O–H groups in total. The van der Waals surface area contributed by atoms with Crippen molar-refractivity contribution in [2.45, 2.75) is 25.9 Å². The van der Waals surface area contributed by atoms with Crippen LogP contribution in [0.2, 0.25) is 0 Å². The summed E-state index contributed by atoms with van der Waals surface area (Å²) in [6.45, 7) is 1.69. The molecule has 2 aromatic carbocycles. The van der Waals surface area contributed by atoms with Gasteiger partial charge in [0.2, 0.25) is 0 Å². The van der Waals surface area contributed by atoms with Crippen molar-refractivity contribution in [1.82, 2.24) is 0 Å². The maximum Gasteiger partial charge on any atom is 0.265 e. The summed E-state index contributed by atoms with van der Waals surface area (Å²) in [5.74, 6) is 1.21. The summed E-state index contributed by atoms with van der Waals surface area (Å²) >= 11 is 0. The van der Waals surface area contributed by atoms with Gasteiger partial charge in [-0.1, -0.05) is 12.1 Å². The van der Waals surface area contributed by atoms with Crippen LogP contribution in [0.1, 0.15) is 29.3 Å². The number of carbonyl (C=O) groups is 2. The first-order chi connectivity index (χ1) is 11.6. The number of benzene rings is 2. The Bertz CT molecular complexity index is 767. The Hall–Kier alpha value is -2.82. The minimum absolute atomic E-state index is 0.130. The van der Waals surface area contributed by atoms with Crippen LogP contribution in [-0.2, 0) is 11.2 Å². The van der Waals surface area contributed by atoms with Gasteiger partial charge in [0, 0.05) is 23.2 Å². The number of ketones is 1. The molecule has 0 heterocycles. The average molecular weight is 325 g/mol. The molecule has 1 aliphatic carbocycles. The molecule has 0 bridgehead atoms. The average Bonchev–Trinajstić information content (AvgIpc) is 2.98. The molecule has 0 aliphatic heterocycles. The zero-order chi connectivity index (χ0) is 17.1. The van der Waals surface area contributed by atoms with Crippen molar-refractivity contribution in [3.8, 4) is 11.5 Å². The van der Waals surface area contributed by atoms with E-state index in [1.807, 2.05) is 0 Å². The molecule has 2 aromatic rings. The van der Waals surface area contributed by atoms with Crippen molar-refractivity contribution >= 4 is 17.4 Å². The van der Waals surface area contributed by atoms with Crippen LogP contribution in [0, 0.1) is 0 Å². The van der Waals surface area contributed by atoms with Gasteiger partial charge < -0.3 is 14.8 Å². The highest BCUT2D eigenvalue weighted by molar-refractivity contribution is 6.01. The molecule has 124 valence electrons. The Kier molecular flexibility index (Phi) is 4.51. The van der Waals surface area contributed by atoms with Crippen LogP contribution in [0.3, 0.4) is 0 Å². The van der Waals surface area contributed by atoms with Crippen LogP contribution in [-0.4, -0.2) is 24.9 Å². The molecule has 0 saturated carbocycles. The third kappa shape index (κ3) is 3.25. The van der Waals surface area contributed by atoms with E-state index in [-0.39, 0.29) is 11.7 Å². The summed E-state index contributed by atoms with van der Waals surface area (Å²) in [7, 11) is 1.59. The third-order valence-corrected chi connectivity index (χ3v) is 4.07. The zero-order valence-electron chi connectivity index (χ0n) is 13.7. The molecule has 5 nitrogen and oxygen atoms in total. The van der Waals surface area contributed by atoms with E-state index >= 15 is 0 Å². The van der Waals surface area contributed by atoms with Crippen LogP contribution >= 0.6 is 0 Å². The largest absolute Gasteiger partial charge is 0.497 e. The molecule has 0 saturated heterocycles. The highest BCUT2D eigenvalue weighted by atomic mass is 16.5. The fraction of sp³-hybridized carbons (Fsp3) is 0.263. The number of rotatable bonds is 5.